The van der Waals surface area contributed by atoms with Crippen molar-refractivity contribution in [3.05, 3.63) is 65.7 Å². The molecule has 5 nitrogen and oxygen atoms in total. The summed E-state index contributed by atoms with van der Waals surface area (Å²) in [5.41, 5.74) is 4.45. The molecule has 2 rings (SSSR count). The first kappa shape index (κ1) is 17.0. The maximum Gasteiger partial charge on any atom is 0.258 e. The van der Waals surface area contributed by atoms with Crippen LogP contribution in [0.4, 0.5) is 0 Å². The molecule has 3 N–H and O–H groups in total. The number of nitrogens with zero attached hydrogens (tertiary/aromatic N) is 1. The fraction of sp³-hybridized carbons (Fsp3) is 0.278. The van der Waals surface area contributed by atoms with Gasteiger partial charge in [-0.15, -0.1) is 0 Å². The van der Waals surface area contributed by atoms with Gasteiger partial charge in [0, 0.05) is 6.54 Å². The molecule has 0 saturated heterocycles. The number of rotatable bonds is 7. The van der Waals surface area contributed by atoms with Gasteiger partial charge in [-0.1, -0.05) is 42.5 Å². The topological polar surface area (TPSA) is 75.8 Å². The van der Waals surface area contributed by atoms with Crippen molar-refractivity contribution in [2.45, 2.75) is 5.60 Å². The summed E-state index contributed by atoms with van der Waals surface area (Å²) in [6.45, 7) is 1.36. The minimum Gasteiger partial charge on any atom is -0.492 e. The van der Waals surface area contributed by atoms with Crippen LogP contribution in [0.5, 0.6) is 5.75 Å². The summed E-state index contributed by atoms with van der Waals surface area (Å²) in [5, 5.41) is 10.8. The van der Waals surface area contributed by atoms with Crippen LogP contribution in [0.3, 0.4) is 0 Å². The number of likely N-dealkylation sites (N-methyl/N-ethyl adjacent to an activating group) is 1. The van der Waals surface area contributed by atoms with Gasteiger partial charge in [-0.3, -0.25) is 4.79 Å². The normalized spacial score (nSPS) is 13.6. The Balaban J connectivity index is 2.23. The molecule has 2 aromatic rings. The number of primary amides is 1. The van der Waals surface area contributed by atoms with Gasteiger partial charge in [0.25, 0.3) is 5.91 Å². The monoisotopic (exact) mass is 314 g/mol. The Bertz CT molecular complexity index is 641. The van der Waals surface area contributed by atoms with E-state index in [1.54, 1.807) is 48.5 Å². The van der Waals surface area contributed by atoms with E-state index in [0.29, 0.717) is 23.5 Å². The number of benzene rings is 2. The Hall–Kier alpha value is -2.37. The first-order chi connectivity index (χ1) is 10.9. The molecule has 0 spiro atoms. The fourth-order valence-electron chi connectivity index (χ4n) is 2.27. The highest BCUT2D eigenvalue weighted by Crippen LogP contribution is 2.30. The molecule has 0 aromatic heterocycles. The van der Waals surface area contributed by atoms with E-state index in [2.05, 4.69) is 0 Å². The van der Waals surface area contributed by atoms with Gasteiger partial charge in [0.15, 0.2) is 5.60 Å². The molecule has 0 heterocycles. The van der Waals surface area contributed by atoms with Crippen LogP contribution in [0, 0.1) is 0 Å². The molecule has 0 saturated carbocycles. The van der Waals surface area contributed by atoms with Crippen LogP contribution in [0.25, 0.3) is 0 Å². The molecule has 2 aromatic carbocycles. The van der Waals surface area contributed by atoms with E-state index in [0.717, 1.165) is 6.54 Å². The number of ether oxygens (including phenoxy) is 1. The largest absolute Gasteiger partial charge is 0.492 e. The molecule has 0 bridgehead atoms. The minimum atomic E-state index is -1.86. The summed E-state index contributed by atoms with van der Waals surface area (Å²) in [7, 11) is 3.94. The van der Waals surface area contributed by atoms with Gasteiger partial charge in [0.05, 0.1) is 0 Å². The Morgan fingerprint density at radius 3 is 2.17 bits per heavy atom. The third kappa shape index (κ3) is 3.88. The molecule has 1 atom stereocenters. The maximum absolute atomic E-state index is 11.9. The average Bonchev–Trinajstić information content (AvgIpc) is 2.55. The number of carbonyl (C=O) groups excluding carboxylic acids is 1. The van der Waals surface area contributed by atoms with Crippen molar-refractivity contribution >= 4 is 5.91 Å². The van der Waals surface area contributed by atoms with Crippen molar-refractivity contribution < 1.29 is 14.6 Å². The third-order valence-corrected chi connectivity index (χ3v) is 3.63. The summed E-state index contributed by atoms with van der Waals surface area (Å²) in [4.78, 5) is 13.9. The first-order valence-corrected chi connectivity index (χ1v) is 7.40. The Morgan fingerprint density at radius 2 is 1.65 bits per heavy atom. The number of aliphatic hydroxyl groups is 1. The Kier molecular flexibility index (Phi) is 5.36. The lowest BCUT2D eigenvalue weighted by Crippen LogP contribution is -2.42. The summed E-state index contributed by atoms with van der Waals surface area (Å²) in [6.07, 6.45) is 0. The van der Waals surface area contributed by atoms with Crippen LogP contribution in [0.1, 0.15) is 11.1 Å². The van der Waals surface area contributed by atoms with E-state index in [1.165, 1.54) is 0 Å². The zero-order valence-electron chi connectivity index (χ0n) is 13.4. The molecule has 23 heavy (non-hydrogen) atoms. The molecular weight excluding hydrogens is 292 g/mol. The van der Waals surface area contributed by atoms with Crippen molar-refractivity contribution in [3.8, 4) is 5.75 Å². The molecule has 0 aliphatic rings. The molecular formula is C18H22N2O3. The molecule has 5 heteroatoms. The van der Waals surface area contributed by atoms with Crippen LogP contribution in [-0.4, -0.2) is 43.2 Å². The molecule has 0 radical (unpaired) electrons. The van der Waals surface area contributed by atoms with Gasteiger partial charge in [0.1, 0.15) is 12.4 Å². The zero-order chi connectivity index (χ0) is 16.9. The van der Waals surface area contributed by atoms with Crippen molar-refractivity contribution in [1.82, 2.24) is 4.90 Å². The van der Waals surface area contributed by atoms with Crippen molar-refractivity contribution in [3.63, 3.8) is 0 Å². The molecule has 122 valence electrons. The van der Waals surface area contributed by atoms with Gasteiger partial charge >= 0.3 is 0 Å². The quantitative estimate of drug-likeness (QED) is 0.809. The highest BCUT2D eigenvalue weighted by atomic mass is 16.5. The van der Waals surface area contributed by atoms with Gasteiger partial charge in [-0.25, -0.2) is 0 Å². The lowest BCUT2D eigenvalue weighted by molar-refractivity contribution is -0.133. The van der Waals surface area contributed by atoms with Crippen molar-refractivity contribution in [2.24, 2.45) is 5.73 Å². The van der Waals surface area contributed by atoms with Crippen molar-refractivity contribution in [1.29, 1.82) is 0 Å². The molecule has 1 unspecified atom stereocenters. The second kappa shape index (κ2) is 7.26. The second-order valence-corrected chi connectivity index (χ2v) is 5.62. The van der Waals surface area contributed by atoms with Crippen LogP contribution < -0.4 is 10.5 Å². The second-order valence-electron chi connectivity index (χ2n) is 5.62. The first-order valence-electron chi connectivity index (χ1n) is 7.40. The molecule has 0 aliphatic carbocycles. The van der Waals surface area contributed by atoms with E-state index in [1.807, 2.05) is 25.1 Å². The number of carbonyl (C=O) groups is 1. The lowest BCUT2D eigenvalue weighted by Gasteiger charge is -2.25. The molecule has 0 fully saturated rings. The molecule has 0 aliphatic heterocycles. The summed E-state index contributed by atoms with van der Waals surface area (Å²) >= 11 is 0. The van der Waals surface area contributed by atoms with E-state index in [4.69, 9.17) is 10.5 Å². The number of hydrogen-bond donors (Lipinski definition) is 2. The van der Waals surface area contributed by atoms with Gasteiger partial charge in [-0.05, 0) is 37.4 Å². The molecule has 1 amide bonds. The maximum atomic E-state index is 11.9. The van der Waals surface area contributed by atoms with E-state index in [9.17, 15) is 9.90 Å². The number of amides is 1. The van der Waals surface area contributed by atoms with E-state index < -0.39 is 11.5 Å². The Labute approximate surface area is 136 Å². The third-order valence-electron chi connectivity index (χ3n) is 3.63. The van der Waals surface area contributed by atoms with Gasteiger partial charge < -0.3 is 20.5 Å². The predicted molar refractivity (Wildman–Crippen MR) is 89.1 cm³/mol. The van der Waals surface area contributed by atoms with Crippen LogP contribution in [-0.2, 0) is 10.4 Å². The minimum absolute atomic E-state index is 0.413. The van der Waals surface area contributed by atoms with Crippen LogP contribution in [0.15, 0.2) is 54.6 Å². The van der Waals surface area contributed by atoms with Gasteiger partial charge in [0.2, 0.25) is 0 Å². The van der Waals surface area contributed by atoms with Gasteiger partial charge in [-0.2, -0.15) is 0 Å². The highest BCUT2D eigenvalue weighted by molar-refractivity contribution is 5.88. The fourth-order valence-corrected chi connectivity index (χ4v) is 2.27. The smallest absolute Gasteiger partial charge is 0.258 e. The number of nitrogens with two attached hydrogens (primary N) is 1. The van der Waals surface area contributed by atoms with Crippen molar-refractivity contribution in [2.75, 3.05) is 27.2 Å². The summed E-state index contributed by atoms with van der Waals surface area (Å²) in [5.74, 6) is -0.138. The zero-order valence-corrected chi connectivity index (χ0v) is 13.4. The summed E-state index contributed by atoms with van der Waals surface area (Å²) in [6, 6.07) is 15.4. The standard InChI is InChI=1S/C18H22N2O3/c1-20(2)12-13-23-16-10-8-15(9-11-16)18(22,17(19)21)14-6-4-3-5-7-14/h3-11,22H,12-13H2,1-2H3,(H2,19,21). The summed E-state index contributed by atoms with van der Waals surface area (Å²) < 4.78 is 5.61. The Morgan fingerprint density at radius 1 is 1.09 bits per heavy atom. The van der Waals surface area contributed by atoms with Crippen LogP contribution >= 0.6 is 0 Å². The van der Waals surface area contributed by atoms with E-state index >= 15 is 0 Å². The predicted octanol–water partition coefficient (Wildman–Crippen LogP) is 1.35. The van der Waals surface area contributed by atoms with Crippen LogP contribution in [0.2, 0.25) is 0 Å². The lowest BCUT2D eigenvalue weighted by atomic mass is 9.86. The average molecular weight is 314 g/mol. The van der Waals surface area contributed by atoms with E-state index in [-0.39, 0.29) is 0 Å². The SMILES string of the molecule is CN(C)CCOc1ccc(C(O)(C(N)=O)c2ccccc2)cc1. The highest BCUT2D eigenvalue weighted by Gasteiger charge is 2.37. The number of hydrogen-bond acceptors (Lipinski definition) is 4.